The lowest BCUT2D eigenvalue weighted by Gasteiger charge is -2.35. The first-order chi connectivity index (χ1) is 34.7. The van der Waals surface area contributed by atoms with Gasteiger partial charge in [0.2, 0.25) is 0 Å². The standard InChI is InChI=1S/C69H78O4/c1-13-51-25-29-53(30-26-51)46-67(9,10)70-49(3)44-65(5,6)72-60-38-34-58(35-39-60)69(48-63(56-23-19-16-20-24-56)62-43-57(33-42-64(62)69)55-21-17-15-18-22-55)59-36-40-61(41-37-59)73-66(7,8)45-50(4)71-68(11,12)47-54-31-27-52(14-2)28-32-54/h13-43,49-50,63H,1-2,44-48H2,3-12H3. The van der Waals surface area contributed by atoms with Crippen LogP contribution in [0.5, 0.6) is 11.5 Å². The second kappa shape index (κ2) is 21.9. The van der Waals surface area contributed by atoms with E-state index in [2.05, 4.69) is 258 Å². The molecule has 4 heteroatoms. The van der Waals surface area contributed by atoms with Gasteiger partial charge in [-0.25, -0.2) is 0 Å². The predicted molar refractivity (Wildman–Crippen MR) is 306 cm³/mol. The Morgan fingerprint density at radius 1 is 0.493 bits per heavy atom. The van der Waals surface area contributed by atoms with Crippen LogP contribution in [0, 0.1) is 0 Å². The molecule has 3 atom stereocenters. The molecule has 0 saturated carbocycles. The van der Waals surface area contributed by atoms with Crippen molar-refractivity contribution in [2.24, 2.45) is 0 Å². The normalized spacial score (nSPS) is 16.8. The quantitative estimate of drug-likeness (QED) is 0.0678. The Balaban J connectivity index is 1.05. The summed E-state index contributed by atoms with van der Waals surface area (Å²) in [7, 11) is 0. The number of benzene rings is 7. The van der Waals surface area contributed by atoms with Crippen molar-refractivity contribution in [2.45, 2.75) is 147 Å². The highest BCUT2D eigenvalue weighted by molar-refractivity contribution is 5.70. The van der Waals surface area contributed by atoms with Crippen LogP contribution in [0.25, 0.3) is 23.3 Å². The van der Waals surface area contributed by atoms with Gasteiger partial charge in [-0.1, -0.05) is 177 Å². The number of rotatable bonds is 22. The van der Waals surface area contributed by atoms with Gasteiger partial charge in [-0.05, 0) is 161 Å². The summed E-state index contributed by atoms with van der Waals surface area (Å²) in [4.78, 5) is 0. The third-order valence-corrected chi connectivity index (χ3v) is 14.5. The molecule has 0 N–H and O–H groups in total. The molecule has 8 rings (SSSR count). The molecule has 0 aliphatic heterocycles. The van der Waals surface area contributed by atoms with Crippen LogP contribution < -0.4 is 9.47 Å². The molecule has 0 heterocycles. The highest BCUT2D eigenvalue weighted by atomic mass is 16.5. The average molecular weight is 971 g/mol. The fourth-order valence-electron chi connectivity index (χ4n) is 11.8. The summed E-state index contributed by atoms with van der Waals surface area (Å²) < 4.78 is 27.1. The summed E-state index contributed by atoms with van der Waals surface area (Å²) >= 11 is 0. The van der Waals surface area contributed by atoms with Gasteiger partial charge in [0, 0.05) is 37.0 Å². The lowest BCUT2D eigenvalue weighted by atomic mass is 9.69. The van der Waals surface area contributed by atoms with Gasteiger partial charge in [0.05, 0.1) is 23.4 Å². The highest BCUT2D eigenvalue weighted by Crippen LogP contribution is 2.57. The predicted octanol–water partition coefficient (Wildman–Crippen LogP) is 17.5. The van der Waals surface area contributed by atoms with Gasteiger partial charge in [-0.15, -0.1) is 0 Å². The van der Waals surface area contributed by atoms with E-state index in [1.807, 2.05) is 12.2 Å². The maximum atomic E-state index is 6.84. The Morgan fingerprint density at radius 3 is 1.34 bits per heavy atom. The maximum absolute atomic E-state index is 6.84. The van der Waals surface area contributed by atoms with E-state index >= 15 is 0 Å². The van der Waals surface area contributed by atoms with Crippen LogP contribution in [0.3, 0.4) is 0 Å². The van der Waals surface area contributed by atoms with Crippen molar-refractivity contribution < 1.29 is 18.9 Å². The molecule has 0 spiro atoms. The Labute approximate surface area is 438 Å². The molecule has 3 unspecified atom stereocenters. The minimum atomic E-state index is -0.478. The number of hydrogen-bond acceptors (Lipinski definition) is 4. The summed E-state index contributed by atoms with van der Waals surface area (Å²) in [5.41, 5.74) is 11.5. The van der Waals surface area contributed by atoms with E-state index in [1.54, 1.807) is 0 Å². The molecule has 0 saturated heterocycles. The zero-order chi connectivity index (χ0) is 52.0. The van der Waals surface area contributed by atoms with E-state index in [1.165, 1.54) is 50.1 Å². The summed E-state index contributed by atoms with van der Waals surface area (Å²) in [5.74, 6) is 1.84. The third-order valence-electron chi connectivity index (χ3n) is 14.5. The van der Waals surface area contributed by atoms with Gasteiger partial charge in [-0.3, -0.25) is 0 Å². The van der Waals surface area contributed by atoms with Crippen molar-refractivity contribution in [1.82, 2.24) is 0 Å². The molecule has 1 aliphatic carbocycles. The molecule has 0 radical (unpaired) electrons. The van der Waals surface area contributed by atoms with Crippen LogP contribution in [0.1, 0.15) is 144 Å². The second-order valence-corrected chi connectivity index (χ2v) is 23.0. The van der Waals surface area contributed by atoms with Crippen LogP contribution in [0.2, 0.25) is 0 Å². The van der Waals surface area contributed by atoms with E-state index in [9.17, 15) is 0 Å². The van der Waals surface area contributed by atoms with Gasteiger partial charge in [0.25, 0.3) is 0 Å². The number of hydrogen-bond donors (Lipinski definition) is 0. The van der Waals surface area contributed by atoms with Crippen LogP contribution in [0.4, 0.5) is 0 Å². The molecule has 0 fully saturated rings. The monoisotopic (exact) mass is 971 g/mol. The zero-order valence-electron chi connectivity index (χ0n) is 45.2. The van der Waals surface area contributed by atoms with Crippen molar-refractivity contribution in [1.29, 1.82) is 0 Å². The molecule has 0 aromatic heterocycles. The molecule has 7 aromatic carbocycles. The van der Waals surface area contributed by atoms with Crippen molar-refractivity contribution in [3.63, 3.8) is 0 Å². The smallest absolute Gasteiger partial charge is 0.120 e. The van der Waals surface area contributed by atoms with Crippen molar-refractivity contribution in [2.75, 3.05) is 0 Å². The Hall–Kier alpha value is -6.46. The molecule has 7 aromatic rings. The second-order valence-electron chi connectivity index (χ2n) is 23.0. The first-order valence-electron chi connectivity index (χ1n) is 26.4. The minimum absolute atomic E-state index is 0.0242. The molecule has 378 valence electrons. The van der Waals surface area contributed by atoms with Gasteiger partial charge in [0.1, 0.15) is 22.7 Å². The first kappa shape index (κ1) is 52.9. The lowest BCUT2D eigenvalue weighted by Crippen LogP contribution is -2.38. The molecule has 0 bridgehead atoms. The van der Waals surface area contributed by atoms with E-state index in [4.69, 9.17) is 18.9 Å². The summed E-state index contributed by atoms with van der Waals surface area (Å²) in [6.45, 7) is 29.5. The maximum Gasteiger partial charge on any atom is 0.120 e. The summed E-state index contributed by atoms with van der Waals surface area (Å²) in [5, 5.41) is 0. The van der Waals surface area contributed by atoms with E-state index < -0.39 is 16.6 Å². The first-order valence-corrected chi connectivity index (χ1v) is 26.4. The SMILES string of the molecule is C=Cc1ccc(CC(C)(C)OC(C)CC(C)(C)Oc2ccc(C3(c4ccc(OC(C)(C)CC(C)OC(C)(C)Cc5ccc(C=C)cc5)cc4)CC(c4ccccc4)c4cc(-c5ccccc5)ccc43)cc2)cc1. The van der Waals surface area contributed by atoms with Crippen LogP contribution in [0.15, 0.2) is 189 Å². The molecular weight excluding hydrogens is 893 g/mol. The molecule has 4 nitrogen and oxygen atoms in total. The number of ether oxygens (including phenoxy) is 4. The lowest BCUT2D eigenvalue weighted by molar-refractivity contribution is -0.0872. The average Bonchev–Trinajstić information content (AvgIpc) is 3.69. The molecule has 73 heavy (non-hydrogen) atoms. The third kappa shape index (κ3) is 13.2. The van der Waals surface area contributed by atoms with Crippen LogP contribution >= 0.6 is 0 Å². The zero-order valence-corrected chi connectivity index (χ0v) is 45.2. The van der Waals surface area contributed by atoms with Gasteiger partial charge in [0.15, 0.2) is 0 Å². The van der Waals surface area contributed by atoms with Crippen LogP contribution in [-0.2, 0) is 27.7 Å². The molecule has 0 amide bonds. The summed E-state index contributed by atoms with van der Waals surface area (Å²) in [6.07, 6.45) is 7.66. The van der Waals surface area contributed by atoms with Crippen LogP contribution in [-0.4, -0.2) is 34.6 Å². The largest absolute Gasteiger partial charge is 0.488 e. The highest BCUT2D eigenvalue weighted by Gasteiger charge is 2.47. The van der Waals surface area contributed by atoms with E-state index in [0.717, 1.165) is 54.7 Å². The number of fused-ring (bicyclic) bond motifs is 1. The van der Waals surface area contributed by atoms with Crippen molar-refractivity contribution in [3.05, 3.63) is 239 Å². The van der Waals surface area contributed by atoms with Crippen molar-refractivity contribution in [3.8, 4) is 22.6 Å². The Kier molecular flexibility index (Phi) is 15.9. The Morgan fingerprint density at radius 2 is 0.918 bits per heavy atom. The van der Waals surface area contributed by atoms with E-state index in [0.29, 0.717) is 0 Å². The summed E-state index contributed by atoms with van der Waals surface area (Å²) in [6, 6.07) is 63.8. The minimum Gasteiger partial charge on any atom is -0.488 e. The molecule has 1 aliphatic rings. The Bertz CT molecular complexity index is 2780. The van der Waals surface area contributed by atoms with Gasteiger partial charge >= 0.3 is 0 Å². The van der Waals surface area contributed by atoms with Crippen molar-refractivity contribution >= 4 is 12.2 Å². The fourth-order valence-corrected chi connectivity index (χ4v) is 11.8. The molecular formula is C69H78O4. The van der Waals surface area contributed by atoms with Gasteiger partial charge in [-0.2, -0.15) is 0 Å². The van der Waals surface area contributed by atoms with Gasteiger partial charge < -0.3 is 18.9 Å². The van der Waals surface area contributed by atoms with E-state index in [-0.39, 0.29) is 29.3 Å². The fraction of sp³-hybridized carbons (Fsp3) is 0.333. The topological polar surface area (TPSA) is 36.9 Å².